The van der Waals surface area contributed by atoms with Crippen molar-refractivity contribution in [2.75, 3.05) is 17.3 Å². The van der Waals surface area contributed by atoms with E-state index in [1.165, 1.54) is 23.9 Å². The number of thioether (sulfide) groups is 2. The smallest absolute Gasteiger partial charge is 0.265 e. The van der Waals surface area contributed by atoms with Gasteiger partial charge in [-0.1, -0.05) is 31.2 Å². The van der Waals surface area contributed by atoms with Crippen molar-refractivity contribution in [3.05, 3.63) is 46.5 Å². The van der Waals surface area contributed by atoms with Crippen LogP contribution in [0, 0.1) is 0 Å². The predicted molar refractivity (Wildman–Crippen MR) is 111 cm³/mol. The lowest BCUT2D eigenvalue weighted by Gasteiger charge is -2.23. The van der Waals surface area contributed by atoms with Gasteiger partial charge in [-0.05, 0) is 12.2 Å². The van der Waals surface area contributed by atoms with Gasteiger partial charge < -0.3 is 10.2 Å². The molecule has 2 aromatic carbocycles. The number of hydrogen-bond acceptors (Lipinski definition) is 8. The van der Waals surface area contributed by atoms with Crippen LogP contribution in [0.25, 0.3) is 0 Å². The zero-order chi connectivity index (χ0) is 21.3. The van der Waals surface area contributed by atoms with Crippen LogP contribution in [0.2, 0.25) is 0 Å². The average Bonchev–Trinajstić information content (AvgIpc) is 2.67. The minimum absolute atomic E-state index is 0.108. The van der Waals surface area contributed by atoms with Gasteiger partial charge in [-0.3, -0.25) is 14.1 Å². The number of phenols is 2. The molecule has 10 heteroatoms. The van der Waals surface area contributed by atoms with E-state index in [1.807, 2.05) is 6.92 Å². The normalized spacial score (nSPS) is 13.3. The number of benzene rings is 2. The lowest BCUT2D eigenvalue weighted by atomic mass is 9.83. The number of carbonyl (C=O) groups is 2. The molecule has 0 saturated carbocycles. The highest BCUT2D eigenvalue weighted by atomic mass is 32.2. The van der Waals surface area contributed by atoms with Crippen LogP contribution in [0.1, 0.15) is 45.2 Å². The number of phenolic OH excluding ortho intramolecular Hbond substituents is 2. The van der Waals surface area contributed by atoms with Crippen LogP contribution in [0.15, 0.2) is 34.1 Å². The highest BCUT2D eigenvalue weighted by Gasteiger charge is 2.37. The Hall–Kier alpha value is -2.01. The lowest BCUT2D eigenvalue weighted by molar-refractivity contribution is 0.0973. The first-order valence-electron chi connectivity index (χ1n) is 8.68. The molecule has 1 aliphatic carbocycles. The van der Waals surface area contributed by atoms with E-state index in [-0.39, 0.29) is 37.8 Å². The average molecular weight is 455 g/mol. The summed E-state index contributed by atoms with van der Waals surface area (Å²) in [6.45, 7) is 1.92. The fourth-order valence-electron chi connectivity index (χ4n) is 2.99. The van der Waals surface area contributed by atoms with Gasteiger partial charge in [0.05, 0.1) is 26.7 Å². The van der Waals surface area contributed by atoms with E-state index in [0.29, 0.717) is 5.75 Å². The Kier molecular flexibility index (Phi) is 6.27. The van der Waals surface area contributed by atoms with E-state index in [9.17, 15) is 28.2 Å². The van der Waals surface area contributed by atoms with Crippen molar-refractivity contribution in [1.82, 2.24) is 0 Å². The second-order valence-corrected chi connectivity index (χ2v) is 10.1. The first kappa shape index (κ1) is 21.7. The van der Waals surface area contributed by atoms with Crippen LogP contribution < -0.4 is 0 Å². The molecule has 29 heavy (non-hydrogen) atoms. The van der Waals surface area contributed by atoms with Crippen molar-refractivity contribution >= 4 is 45.2 Å². The van der Waals surface area contributed by atoms with Gasteiger partial charge in [0, 0.05) is 16.9 Å². The monoisotopic (exact) mass is 454 g/mol. The second-order valence-electron chi connectivity index (χ2n) is 6.29. The summed E-state index contributed by atoms with van der Waals surface area (Å²) in [4.78, 5) is 26.2. The van der Waals surface area contributed by atoms with E-state index in [1.54, 1.807) is 12.1 Å². The van der Waals surface area contributed by atoms with Crippen molar-refractivity contribution in [3.8, 4) is 11.5 Å². The number of aromatic hydroxyl groups is 2. The van der Waals surface area contributed by atoms with E-state index in [2.05, 4.69) is 0 Å². The Balaban J connectivity index is 2.18. The molecule has 1 aliphatic rings. The molecular formula is C19H18O7S3. The van der Waals surface area contributed by atoms with Crippen LogP contribution in [0.3, 0.4) is 0 Å². The van der Waals surface area contributed by atoms with Crippen LogP contribution in [0.4, 0.5) is 0 Å². The first-order chi connectivity index (χ1) is 13.7. The van der Waals surface area contributed by atoms with Gasteiger partial charge in [0.2, 0.25) is 0 Å². The van der Waals surface area contributed by atoms with Crippen molar-refractivity contribution in [2.24, 2.45) is 0 Å². The fraction of sp³-hybridized carbons (Fsp3) is 0.263. The third-order valence-electron chi connectivity index (χ3n) is 4.27. The quantitative estimate of drug-likeness (QED) is 0.279. The molecule has 3 N–H and O–H groups in total. The molecule has 0 aromatic heterocycles. The minimum atomic E-state index is -4.22. The predicted octanol–water partition coefficient (Wildman–Crippen LogP) is 3.36. The summed E-state index contributed by atoms with van der Waals surface area (Å²) < 4.78 is 31.0. The Labute approximate surface area is 176 Å². The van der Waals surface area contributed by atoms with E-state index >= 15 is 0 Å². The van der Waals surface area contributed by atoms with E-state index in [4.69, 9.17) is 4.55 Å². The maximum Gasteiger partial charge on any atom is 0.265 e. The molecule has 0 fully saturated rings. The summed E-state index contributed by atoms with van der Waals surface area (Å²) in [6, 6.07) is 6.17. The van der Waals surface area contributed by atoms with Gasteiger partial charge in [0.1, 0.15) is 11.5 Å². The number of fused-ring (bicyclic) bond motifs is 2. The molecule has 0 atom stereocenters. The van der Waals surface area contributed by atoms with Gasteiger partial charge in [-0.25, -0.2) is 0 Å². The van der Waals surface area contributed by atoms with Crippen LogP contribution in [-0.4, -0.2) is 52.0 Å². The molecule has 3 rings (SSSR count). The first-order valence-corrected chi connectivity index (χ1v) is 12.3. The molecule has 0 radical (unpaired) electrons. The summed E-state index contributed by atoms with van der Waals surface area (Å²) >= 11 is 2.09. The summed E-state index contributed by atoms with van der Waals surface area (Å²) in [5.41, 5.74) is -0.259. The zero-order valence-electron chi connectivity index (χ0n) is 15.3. The number of hydrogen-bond donors (Lipinski definition) is 3. The Morgan fingerprint density at radius 2 is 1.31 bits per heavy atom. The van der Waals surface area contributed by atoms with E-state index in [0.717, 1.165) is 18.2 Å². The summed E-state index contributed by atoms with van der Waals surface area (Å²) in [6.07, 6.45) is 0.743. The summed E-state index contributed by atoms with van der Waals surface area (Å²) in [7, 11) is -4.22. The second kappa shape index (κ2) is 8.39. The highest BCUT2D eigenvalue weighted by molar-refractivity contribution is 8.02. The van der Waals surface area contributed by atoms with Gasteiger partial charge in [0.25, 0.3) is 10.1 Å². The van der Waals surface area contributed by atoms with Gasteiger partial charge in [0.15, 0.2) is 11.6 Å². The molecule has 0 aliphatic heterocycles. The van der Waals surface area contributed by atoms with Crippen molar-refractivity contribution in [3.63, 3.8) is 0 Å². The molecular weight excluding hydrogens is 436 g/mol. The topological polar surface area (TPSA) is 129 Å². The molecule has 2 aromatic rings. The molecule has 0 unspecified atom stereocenters. The Morgan fingerprint density at radius 1 is 0.862 bits per heavy atom. The standard InChI is InChI=1S/C19H18O7S3/c1-2-7-27-18-16(22)12-13(17(23)19(18)28-8-9-29(24,25)26)15(21)11-6-4-3-5-10(11)14(12)20/h3-6,22-23H,2,7-9H2,1H3,(H,24,25,26). The molecule has 0 heterocycles. The maximum atomic E-state index is 13.0. The zero-order valence-corrected chi connectivity index (χ0v) is 17.8. The van der Waals surface area contributed by atoms with Gasteiger partial charge in [-0.2, -0.15) is 8.42 Å². The van der Waals surface area contributed by atoms with E-state index < -0.39 is 38.9 Å². The summed E-state index contributed by atoms with van der Waals surface area (Å²) in [5, 5.41) is 21.7. The van der Waals surface area contributed by atoms with Crippen LogP contribution >= 0.6 is 23.5 Å². The Morgan fingerprint density at radius 3 is 1.72 bits per heavy atom. The lowest BCUT2D eigenvalue weighted by Crippen LogP contribution is -2.21. The van der Waals surface area contributed by atoms with Gasteiger partial charge >= 0.3 is 0 Å². The molecule has 7 nitrogen and oxygen atoms in total. The Bertz CT molecular complexity index is 1110. The SMILES string of the molecule is CCCSc1c(O)c2c(c(O)c1SCCS(=O)(=O)O)C(=O)c1ccccc1C2=O. The minimum Gasteiger partial charge on any atom is -0.506 e. The highest BCUT2D eigenvalue weighted by Crippen LogP contribution is 2.50. The molecule has 0 spiro atoms. The van der Waals surface area contributed by atoms with Crippen molar-refractivity contribution in [1.29, 1.82) is 0 Å². The summed E-state index contributed by atoms with van der Waals surface area (Å²) in [5.74, 6) is -2.13. The van der Waals surface area contributed by atoms with Crippen LogP contribution in [-0.2, 0) is 10.1 Å². The maximum absolute atomic E-state index is 13.0. The number of rotatable bonds is 7. The number of carbonyl (C=O) groups excluding carboxylic acids is 2. The van der Waals surface area contributed by atoms with Crippen molar-refractivity contribution in [2.45, 2.75) is 23.1 Å². The third kappa shape index (κ3) is 4.16. The van der Waals surface area contributed by atoms with Crippen molar-refractivity contribution < 1.29 is 32.8 Å². The molecule has 154 valence electrons. The number of ketones is 2. The van der Waals surface area contributed by atoms with Gasteiger partial charge in [-0.15, -0.1) is 23.5 Å². The largest absolute Gasteiger partial charge is 0.506 e. The third-order valence-corrected chi connectivity index (χ3v) is 7.77. The molecule has 0 amide bonds. The fourth-order valence-corrected chi connectivity index (χ4v) is 6.07. The molecule has 0 saturated heterocycles. The van der Waals surface area contributed by atoms with Crippen LogP contribution in [0.5, 0.6) is 11.5 Å². The molecule has 0 bridgehead atoms.